The van der Waals surface area contributed by atoms with Gasteiger partial charge in [-0.2, -0.15) is 5.10 Å². The van der Waals surface area contributed by atoms with Gasteiger partial charge in [-0.05, 0) is 19.3 Å². The highest BCUT2D eigenvalue weighted by atomic mass is 16.2. The van der Waals surface area contributed by atoms with E-state index >= 15 is 0 Å². The van der Waals surface area contributed by atoms with Crippen LogP contribution in [-0.4, -0.2) is 59.3 Å². The predicted octanol–water partition coefficient (Wildman–Crippen LogP) is 0.219. The molecule has 9 nitrogen and oxygen atoms in total. The fourth-order valence-corrected chi connectivity index (χ4v) is 2.08. The van der Waals surface area contributed by atoms with Crippen LogP contribution in [0.5, 0.6) is 0 Å². The van der Waals surface area contributed by atoms with Crippen LogP contribution in [0.4, 0.5) is 5.82 Å². The van der Waals surface area contributed by atoms with E-state index in [1.54, 1.807) is 30.6 Å². The molecule has 1 rings (SSSR count). The third-order valence-electron chi connectivity index (χ3n) is 3.47. The lowest BCUT2D eigenvalue weighted by Crippen LogP contribution is -2.31. The molecule has 1 aromatic rings. The number of hydrogen-bond donors (Lipinski definition) is 2. The Bertz CT molecular complexity index is 594. The predicted molar refractivity (Wildman–Crippen MR) is 88.9 cm³/mol. The Balaban J connectivity index is 2.66. The van der Waals surface area contributed by atoms with Gasteiger partial charge < -0.3 is 25.6 Å². The van der Waals surface area contributed by atoms with Crippen LogP contribution in [0.3, 0.4) is 0 Å². The van der Waals surface area contributed by atoms with E-state index in [-0.39, 0.29) is 5.91 Å². The summed E-state index contributed by atoms with van der Waals surface area (Å²) in [5.74, 6) is 5.28. The first-order valence-electron chi connectivity index (χ1n) is 7.18. The number of nitrogens with one attached hydrogen (secondary N) is 1. The summed E-state index contributed by atoms with van der Waals surface area (Å²) >= 11 is 0. The number of hydrogen-bond acceptors (Lipinski definition) is 6. The summed E-state index contributed by atoms with van der Waals surface area (Å²) in [7, 11) is 4.97. The molecule has 0 atom stereocenters. The summed E-state index contributed by atoms with van der Waals surface area (Å²) in [5, 5.41) is 10.6. The van der Waals surface area contributed by atoms with E-state index in [0.717, 1.165) is 19.1 Å². The zero-order valence-electron chi connectivity index (χ0n) is 13.7. The molecule has 1 heterocycles. The average molecular weight is 321 g/mol. The monoisotopic (exact) mass is 321 g/mol. The Kier molecular flexibility index (Phi) is 6.91. The summed E-state index contributed by atoms with van der Waals surface area (Å²) in [6, 6.07) is 0. The topological polar surface area (TPSA) is 121 Å². The Morgan fingerprint density at radius 3 is 2.74 bits per heavy atom. The van der Waals surface area contributed by atoms with Crippen LogP contribution < -0.4 is 10.7 Å². The number of rotatable bonds is 9. The van der Waals surface area contributed by atoms with Gasteiger partial charge >= 0.3 is 0 Å². The number of nitrogens with zero attached hydrogens (tertiary/aromatic N) is 5. The van der Waals surface area contributed by atoms with Crippen molar-refractivity contribution in [2.45, 2.75) is 19.3 Å². The molecule has 23 heavy (non-hydrogen) atoms. The number of aryl methyl sites for hydroxylation is 1. The molecule has 3 N–H and O–H groups in total. The van der Waals surface area contributed by atoms with Crippen LogP contribution in [0.25, 0.3) is 0 Å². The summed E-state index contributed by atoms with van der Waals surface area (Å²) in [6.45, 7) is 0.546. The number of unbranched alkanes of at least 4 members (excludes halogenated alkanes) is 1. The molecule has 0 aliphatic carbocycles. The molecular formula is C14H23N7O2. The lowest BCUT2D eigenvalue weighted by atomic mass is 10.1. The second-order valence-electron chi connectivity index (χ2n) is 5.19. The van der Waals surface area contributed by atoms with E-state index in [1.807, 2.05) is 0 Å². The van der Waals surface area contributed by atoms with Crippen LogP contribution in [0, 0.1) is 5.41 Å². The fraction of sp³-hybridized carbons (Fsp3) is 0.500. The normalized spacial score (nSPS) is 11.2. The zero-order chi connectivity index (χ0) is 17.4. The van der Waals surface area contributed by atoms with Crippen molar-refractivity contribution in [3.8, 4) is 0 Å². The van der Waals surface area contributed by atoms with Crippen molar-refractivity contribution in [1.82, 2.24) is 14.5 Å². The van der Waals surface area contributed by atoms with E-state index < -0.39 is 0 Å². The molecule has 9 heteroatoms. The first-order chi connectivity index (χ1) is 11.0. The maximum Gasteiger partial charge on any atom is 0.274 e. The van der Waals surface area contributed by atoms with Crippen molar-refractivity contribution in [3.63, 3.8) is 0 Å². The number of amides is 2. The van der Waals surface area contributed by atoms with Gasteiger partial charge in [-0.1, -0.05) is 0 Å². The number of aromatic nitrogens is 2. The Morgan fingerprint density at radius 2 is 2.17 bits per heavy atom. The Morgan fingerprint density at radius 1 is 1.48 bits per heavy atom. The van der Waals surface area contributed by atoms with Crippen molar-refractivity contribution < 1.29 is 9.59 Å². The number of nitrogens with two attached hydrogens (primary N) is 1. The number of anilines is 1. The minimum absolute atomic E-state index is 0.200. The Hall–Kier alpha value is -2.71. The molecule has 2 amide bonds. The van der Waals surface area contributed by atoms with Crippen LogP contribution in [-0.2, 0) is 11.8 Å². The first kappa shape index (κ1) is 18.3. The van der Waals surface area contributed by atoms with E-state index in [9.17, 15) is 9.59 Å². The van der Waals surface area contributed by atoms with Gasteiger partial charge in [0.15, 0.2) is 11.5 Å². The number of carbonyl (C=O) groups is 2. The van der Waals surface area contributed by atoms with Crippen molar-refractivity contribution in [3.05, 3.63) is 12.0 Å². The van der Waals surface area contributed by atoms with Gasteiger partial charge in [-0.25, -0.2) is 4.98 Å². The molecule has 0 bridgehead atoms. The average Bonchev–Trinajstić information content (AvgIpc) is 2.94. The third kappa shape index (κ3) is 4.63. The van der Waals surface area contributed by atoms with Gasteiger partial charge in [0.25, 0.3) is 5.91 Å². The molecule has 0 unspecified atom stereocenters. The first-order valence-corrected chi connectivity index (χ1v) is 7.18. The quantitative estimate of drug-likeness (QED) is 0.222. The van der Waals surface area contributed by atoms with E-state index in [1.165, 1.54) is 11.2 Å². The van der Waals surface area contributed by atoms with Crippen LogP contribution in [0.2, 0.25) is 0 Å². The summed E-state index contributed by atoms with van der Waals surface area (Å²) in [5.41, 5.74) is 0.895. The molecule has 0 radical (unpaired) electrons. The fourth-order valence-electron chi connectivity index (χ4n) is 2.08. The van der Waals surface area contributed by atoms with Gasteiger partial charge in [0.1, 0.15) is 0 Å². The highest BCUT2D eigenvalue weighted by Gasteiger charge is 2.22. The van der Waals surface area contributed by atoms with Gasteiger partial charge in [-0.15, -0.1) is 0 Å². The summed E-state index contributed by atoms with van der Waals surface area (Å²) in [4.78, 5) is 30.4. The standard InChI is InChI=1S/C14H23N7O2/c1-19(7-5-4-6-11(8-15)18-16)14(23)12-13(21(3)10-22)17-9-20(12)2/h8-10,15H,4-7,16H2,1-3H3/b15-8?,18-11-. The van der Waals surface area contributed by atoms with Crippen molar-refractivity contribution in [2.24, 2.45) is 18.0 Å². The summed E-state index contributed by atoms with van der Waals surface area (Å²) < 4.78 is 1.60. The smallest absolute Gasteiger partial charge is 0.274 e. The highest BCUT2D eigenvalue weighted by Crippen LogP contribution is 2.17. The van der Waals surface area contributed by atoms with Crippen molar-refractivity contribution in [2.75, 3.05) is 25.5 Å². The maximum absolute atomic E-state index is 12.6. The molecule has 126 valence electrons. The van der Waals surface area contributed by atoms with Crippen molar-refractivity contribution >= 4 is 30.1 Å². The van der Waals surface area contributed by atoms with E-state index in [0.29, 0.717) is 36.6 Å². The molecule has 1 aromatic heterocycles. The van der Waals surface area contributed by atoms with Gasteiger partial charge in [0, 0.05) is 33.9 Å². The molecule has 0 aliphatic heterocycles. The zero-order valence-corrected chi connectivity index (χ0v) is 13.7. The molecule has 0 saturated carbocycles. The number of imidazole rings is 1. The minimum atomic E-state index is -0.200. The van der Waals surface area contributed by atoms with Gasteiger partial charge in [-0.3, -0.25) is 9.59 Å². The van der Waals surface area contributed by atoms with Crippen molar-refractivity contribution in [1.29, 1.82) is 5.41 Å². The number of carbonyl (C=O) groups excluding carboxylic acids is 2. The molecular weight excluding hydrogens is 298 g/mol. The second-order valence-corrected chi connectivity index (χ2v) is 5.19. The SMILES string of the molecule is CN(CCCC/C(C=N)=N/N)C(=O)c1c(N(C)C=O)ncn1C. The highest BCUT2D eigenvalue weighted by molar-refractivity contribution is 6.29. The third-order valence-corrected chi connectivity index (χ3v) is 3.47. The minimum Gasteiger partial charge on any atom is -0.340 e. The lowest BCUT2D eigenvalue weighted by Gasteiger charge is -2.19. The lowest BCUT2D eigenvalue weighted by molar-refractivity contribution is -0.107. The molecule has 0 fully saturated rings. The van der Waals surface area contributed by atoms with Crippen LogP contribution in [0.15, 0.2) is 11.4 Å². The Labute approximate surface area is 135 Å². The van der Waals surface area contributed by atoms with Gasteiger partial charge in [0.2, 0.25) is 6.41 Å². The van der Waals surface area contributed by atoms with Crippen LogP contribution in [0.1, 0.15) is 29.8 Å². The van der Waals surface area contributed by atoms with Crippen LogP contribution >= 0.6 is 0 Å². The maximum atomic E-state index is 12.6. The summed E-state index contributed by atoms with van der Waals surface area (Å²) in [6.07, 6.45) is 5.38. The molecule has 0 spiro atoms. The molecule has 0 aromatic carbocycles. The second kappa shape index (κ2) is 8.66. The van der Waals surface area contributed by atoms with E-state index in [2.05, 4.69) is 10.1 Å². The molecule has 0 saturated heterocycles. The largest absolute Gasteiger partial charge is 0.340 e. The molecule has 0 aliphatic rings. The number of hydrazone groups is 1. The van der Waals surface area contributed by atoms with E-state index in [4.69, 9.17) is 11.3 Å². The van der Waals surface area contributed by atoms with Gasteiger partial charge in [0.05, 0.1) is 12.0 Å².